The van der Waals surface area contributed by atoms with Crippen molar-refractivity contribution in [2.45, 2.75) is 32.8 Å². The summed E-state index contributed by atoms with van der Waals surface area (Å²) in [4.78, 5) is 15.4. The lowest BCUT2D eigenvalue weighted by Gasteiger charge is -2.19. The van der Waals surface area contributed by atoms with E-state index in [0.29, 0.717) is 29.4 Å². The number of carbonyl (C=O) groups is 1. The molecule has 0 aromatic carbocycles. The third kappa shape index (κ3) is 6.87. The number of pyridine rings is 1. The summed E-state index contributed by atoms with van der Waals surface area (Å²) in [5.74, 6) is 6.26. The Morgan fingerprint density at radius 1 is 1.48 bits per heavy atom. The second-order valence-corrected chi connectivity index (χ2v) is 5.63. The average molecular weight is 311 g/mol. The molecule has 0 bridgehead atoms. The van der Waals surface area contributed by atoms with Gasteiger partial charge >= 0.3 is 6.09 Å². The van der Waals surface area contributed by atoms with Gasteiger partial charge in [-0.3, -0.25) is 0 Å². The van der Waals surface area contributed by atoms with Crippen LogP contribution in [0.2, 0.25) is 5.02 Å². The summed E-state index contributed by atoms with van der Waals surface area (Å²) in [6.07, 6.45) is 1.52. The molecule has 1 amide bonds. The molecule has 1 rings (SSSR count). The molecule has 0 spiro atoms. The minimum Gasteiger partial charge on any atom is -0.480 e. The van der Waals surface area contributed by atoms with Crippen molar-refractivity contribution in [3.05, 3.63) is 22.8 Å². The van der Waals surface area contributed by atoms with E-state index in [-0.39, 0.29) is 0 Å². The van der Waals surface area contributed by atoms with Gasteiger partial charge in [-0.25, -0.2) is 9.78 Å². The van der Waals surface area contributed by atoms with Crippen molar-refractivity contribution in [1.82, 2.24) is 10.3 Å². The molecule has 6 heteroatoms. The molecule has 1 aromatic rings. The minimum absolute atomic E-state index is 0.401. The number of amides is 1. The van der Waals surface area contributed by atoms with Crippen molar-refractivity contribution in [1.29, 1.82) is 0 Å². The van der Waals surface area contributed by atoms with Gasteiger partial charge in [-0.2, -0.15) is 0 Å². The number of carbonyl (C=O) groups excluding carboxylic acids is 1. The third-order valence-corrected chi connectivity index (χ3v) is 2.36. The van der Waals surface area contributed by atoms with Crippen molar-refractivity contribution in [2.75, 3.05) is 13.7 Å². The molecule has 0 radical (unpaired) electrons. The Labute approximate surface area is 130 Å². The molecule has 0 unspecified atom stereocenters. The highest BCUT2D eigenvalue weighted by molar-refractivity contribution is 6.30. The number of methoxy groups -OCH3 is 1. The first-order valence-corrected chi connectivity index (χ1v) is 6.85. The van der Waals surface area contributed by atoms with Crippen LogP contribution < -0.4 is 10.1 Å². The van der Waals surface area contributed by atoms with E-state index >= 15 is 0 Å². The summed E-state index contributed by atoms with van der Waals surface area (Å²) >= 11 is 5.86. The fourth-order valence-electron chi connectivity index (χ4n) is 1.38. The Morgan fingerprint density at radius 2 is 2.19 bits per heavy atom. The van der Waals surface area contributed by atoms with Gasteiger partial charge in [-0.1, -0.05) is 23.4 Å². The Morgan fingerprint density at radius 3 is 2.81 bits per heavy atom. The van der Waals surface area contributed by atoms with E-state index in [2.05, 4.69) is 22.1 Å². The largest absolute Gasteiger partial charge is 0.480 e. The molecule has 0 saturated heterocycles. The summed E-state index contributed by atoms with van der Waals surface area (Å²) in [5, 5.41) is 3.12. The summed E-state index contributed by atoms with van der Waals surface area (Å²) in [6, 6.07) is 1.68. The van der Waals surface area contributed by atoms with Gasteiger partial charge in [-0.05, 0) is 26.8 Å². The number of ether oxygens (including phenoxy) is 2. The lowest BCUT2D eigenvalue weighted by molar-refractivity contribution is 0.0529. The Kier molecular flexibility index (Phi) is 6.32. The maximum Gasteiger partial charge on any atom is 0.407 e. The molecule has 5 nitrogen and oxygen atoms in total. The maximum absolute atomic E-state index is 11.4. The molecule has 0 aliphatic heterocycles. The van der Waals surface area contributed by atoms with Crippen molar-refractivity contribution in [3.8, 4) is 17.7 Å². The number of alkyl carbamates (subject to hydrolysis) is 1. The molecule has 1 heterocycles. The number of nitrogens with zero attached hydrogens (tertiary/aromatic N) is 1. The minimum atomic E-state index is -0.504. The van der Waals surface area contributed by atoms with Crippen molar-refractivity contribution in [2.24, 2.45) is 0 Å². The zero-order valence-electron chi connectivity index (χ0n) is 12.6. The van der Waals surface area contributed by atoms with Crippen LogP contribution in [-0.4, -0.2) is 30.3 Å². The van der Waals surface area contributed by atoms with Gasteiger partial charge in [0.15, 0.2) is 0 Å². The normalized spacial score (nSPS) is 10.3. The SMILES string of the molecule is COc1ncc(Cl)cc1C#CCCNC(=O)OC(C)(C)C. The van der Waals surface area contributed by atoms with Crippen LogP contribution in [0.3, 0.4) is 0 Å². The number of nitrogens with one attached hydrogen (secondary N) is 1. The van der Waals surface area contributed by atoms with E-state index < -0.39 is 11.7 Å². The lowest BCUT2D eigenvalue weighted by Crippen LogP contribution is -2.32. The summed E-state index contributed by atoms with van der Waals surface area (Å²) in [5.41, 5.74) is 0.109. The Balaban J connectivity index is 2.47. The molecule has 0 saturated carbocycles. The van der Waals surface area contributed by atoms with E-state index in [1.807, 2.05) is 20.8 Å². The number of halogens is 1. The van der Waals surface area contributed by atoms with Crippen LogP contribution in [-0.2, 0) is 4.74 Å². The van der Waals surface area contributed by atoms with Gasteiger partial charge in [0.25, 0.3) is 0 Å². The van der Waals surface area contributed by atoms with E-state index in [1.54, 1.807) is 6.07 Å². The number of hydrogen-bond acceptors (Lipinski definition) is 4. The summed E-state index contributed by atoms with van der Waals surface area (Å²) in [6.45, 7) is 5.83. The molecule has 1 N–H and O–H groups in total. The molecular weight excluding hydrogens is 292 g/mol. The highest BCUT2D eigenvalue weighted by Gasteiger charge is 2.15. The first-order valence-electron chi connectivity index (χ1n) is 6.47. The van der Waals surface area contributed by atoms with Crippen molar-refractivity contribution >= 4 is 17.7 Å². The van der Waals surface area contributed by atoms with Gasteiger partial charge in [0.2, 0.25) is 5.88 Å². The molecule has 0 atom stereocenters. The number of rotatable bonds is 3. The quantitative estimate of drug-likeness (QED) is 0.688. The molecule has 0 aliphatic carbocycles. The molecule has 0 aliphatic rings. The molecular formula is C15H19ClN2O3. The zero-order valence-corrected chi connectivity index (χ0v) is 13.4. The molecule has 1 aromatic heterocycles. The van der Waals surface area contributed by atoms with Gasteiger partial charge in [0.05, 0.1) is 17.7 Å². The van der Waals surface area contributed by atoms with Crippen LogP contribution >= 0.6 is 11.6 Å². The molecule has 21 heavy (non-hydrogen) atoms. The second kappa shape index (κ2) is 7.75. The van der Waals surface area contributed by atoms with Gasteiger partial charge < -0.3 is 14.8 Å². The fraction of sp³-hybridized carbons (Fsp3) is 0.467. The van der Waals surface area contributed by atoms with Crippen LogP contribution in [0, 0.1) is 11.8 Å². The number of aromatic nitrogens is 1. The standard InChI is InChI=1S/C15H19ClN2O3/c1-15(2,3)21-14(19)17-8-6-5-7-11-9-12(16)10-18-13(11)20-4/h9-10H,6,8H2,1-4H3,(H,17,19). The van der Waals surface area contributed by atoms with Crippen LogP contribution in [0.15, 0.2) is 12.3 Å². The Hall–Kier alpha value is -1.93. The first kappa shape index (κ1) is 17.1. The average Bonchev–Trinajstić information content (AvgIpc) is 2.36. The van der Waals surface area contributed by atoms with Crippen LogP contribution in [0.4, 0.5) is 4.79 Å². The fourth-order valence-corrected chi connectivity index (χ4v) is 1.54. The lowest BCUT2D eigenvalue weighted by atomic mass is 10.2. The van der Waals surface area contributed by atoms with Crippen molar-refractivity contribution in [3.63, 3.8) is 0 Å². The smallest absolute Gasteiger partial charge is 0.407 e. The van der Waals surface area contributed by atoms with E-state index in [1.165, 1.54) is 13.3 Å². The second-order valence-electron chi connectivity index (χ2n) is 5.19. The molecule has 0 fully saturated rings. The van der Waals surface area contributed by atoms with E-state index in [4.69, 9.17) is 21.1 Å². The predicted octanol–water partition coefficient (Wildman–Crippen LogP) is 3.01. The maximum atomic E-state index is 11.4. The highest BCUT2D eigenvalue weighted by atomic mass is 35.5. The van der Waals surface area contributed by atoms with Gasteiger partial charge in [0.1, 0.15) is 5.60 Å². The van der Waals surface area contributed by atoms with Crippen LogP contribution in [0.25, 0.3) is 0 Å². The van der Waals surface area contributed by atoms with E-state index in [9.17, 15) is 4.79 Å². The molecule has 114 valence electrons. The van der Waals surface area contributed by atoms with E-state index in [0.717, 1.165) is 0 Å². The van der Waals surface area contributed by atoms with Crippen LogP contribution in [0.5, 0.6) is 5.88 Å². The summed E-state index contributed by atoms with van der Waals surface area (Å²) < 4.78 is 10.2. The van der Waals surface area contributed by atoms with Gasteiger partial charge in [0, 0.05) is 19.2 Å². The number of hydrogen-bond donors (Lipinski definition) is 1. The van der Waals surface area contributed by atoms with Gasteiger partial charge in [-0.15, -0.1) is 0 Å². The summed E-state index contributed by atoms with van der Waals surface area (Å²) in [7, 11) is 1.52. The highest BCUT2D eigenvalue weighted by Crippen LogP contribution is 2.17. The first-order chi connectivity index (χ1) is 9.81. The third-order valence-electron chi connectivity index (χ3n) is 2.15. The predicted molar refractivity (Wildman–Crippen MR) is 81.5 cm³/mol. The van der Waals surface area contributed by atoms with Crippen LogP contribution in [0.1, 0.15) is 32.8 Å². The van der Waals surface area contributed by atoms with Crippen molar-refractivity contribution < 1.29 is 14.3 Å². The zero-order chi connectivity index (χ0) is 15.9. The monoisotopic (exact) mass is 310 g/mol. The Bertz CT molecular complexity index is 556. The topological polar surface area (TPSA) is 60.5 Å².